The van der Waals surface area contributed by atoms with Gasteiger partial charge in [0.15, 0.2) is 4.87 Å². The summed E-state index contributed by atoms with van der Waals surface area (Å²) in [5.41, 5.74) is 0. The Bertz CT molecular complexity index is 347. The second-order valence-corrected chi connectivity index (χ2v) is 3.82. The van der Waals surface area contributed by atoms with Gasteiger partial charge >= 0.3 is 11.9 Å². The summed E-state index contributed by atoms with van der Waals surface area (Å²) in [6.07, 6.45) is 3.73. The summed E-state index contributed by atoms with van der Waals surface area (Å²) in [6.45, 7) is 0. The van der Waals surface area contributed by atoms with Crippen LogP contribution in [0.3, 0.4) is 0 Å². The molecule has 1 aliphatic rings. The molecule has 2 N–H and O–H groups in total. The topological polar surface area (TPSA) is 74.6 Å². The SMILES string of the molecule is O=C(O)C1C(Cl)=CC=CC1(Cl)C(=O)O. The Hall–Kier alpha value is -1.00. The van der Waals surface area contributed by atoms with Gasteiger partial charge in [0.25, 0.3) is 0 Å². The van der Waals surface area contributed by atoms with Gasteiger partial charge in [-0.2, -0.15) is 0 Å². The van der Waals surface area contributed by atoms with Crippen molar-refractivity contribution in [2.45, 2.75) is 4.87 Å². The third-order valence-electron chi connectivity index (χ3n) is 1.86. The fourth-order valence-corrected chi connectivity index (χ4v) is 1.84. The first-order valence-electron chi connectivity index (χ1n) is 3.59. The van der Waals surface area contributed by atoms with E-state index in [1.807, 2.05) is 0 Å². The standard InChI is InChI=1S/C8H6Cl2O4/c9-4-2-1-3-8(10,7(13)14)5(4)6(11)12/h1-3,5H,(H,11,12)(H,13,14). The van der Waals surface area contributed by atoms with E-state index in [4.69, 9.17) is 33.4 Å². The number of carboxylic acids is 2. The van der Waals surface area contributed by atoms with Crippen molar-refractivity contribution in [3.63, 3.8) is 0 Å². The number of aliphatic carboxylic acids is 2. The van der Waals surface area contributed by atoms with E-state index in [-0.39, 0.29) is 5.03 Å². The molecule has 0 saturated carbocycles. The van der Waals surface area contributed by atoms with Crippen LogP contribution in [0.15, 0.2) is 23.3 Å². The second-order valence-electron chi connectivity index (χ2n) is 2.76. The lowest BCUT2D eigenvalue weighted by molar-refractivity contribution is -0.148. The summed E-state index contributed by atoms with van der Waals surface area (Å²) in [4.78, 5) is 19.6. The Morgan fingerprint density at radius 3 is 2.36 bits per heavy atom. The molecule has 0 heterocycles. The summed E-state index contributed by atoms with van der Waals surface area (Å²) < 4.78 is 0. The van der Waals surface area contributed by atoms with Crippen LogP contribution in [0.5, 0.6) is 0 Å². The molecule has 0 amide bonds. The van der Waals surface area contributed by atoms with Crippen molar-refractivity contribution in [1.29, 1.82) is 0 Å². The Morgan fingerprint density at radius 2 is 2.00 bits per heavy atom. The molecule has 0 aromatic heterocycles. The molecule has 1 rings (SSSR count). The van der Waals surface area contributed by atoms with Gasteiger partial charge in [-0.15, -0.1) is 11.6 Å². The molecule has 6 heteroatoms. The van der Waals surface area contributed by atoms with Gasteiger partial charge in [-0.1, -0.05) is 23.8 Å². The maximum atomic E-state index is 10.8. The lowest BCUT2D eigenvalue weighted by Gasteiger charge is -2.27. The first-order valence-corrected chi connectivity index (χ1v) is 4.35. The fourth-order valence-electron chi connectivity index (χ4n) is 1.17. The first kappa shape index (κ1) is 11.1. The molecule has 2 unspecified atom stereocenters. The Kier molecular flexibility index (Phi) is 2.87. The quantitative estimate of drug-likeness (QED) is 0.712. The van der Waals surface area contributed by atoms with Crippen LogP contribution in [-0.2, 0) is 9.59 Å². The third-order valence-corrected chi connectivity index (χ3v) is 2.71. The van der Waals surface area contributed by atoms with Crippen LogP contribution in [0.1, 0.15) is 0 Å². The van der Waals surface area contributed by atoms with Crippen molar-refractivity contribution in [2.24, 2.45) is 5.92 Å². The summed E-state index contributed by atoms with van der Waals surface area (Å²) in [6, 6.07) is 0. The highest BCUT2D eigenvalue weighted by atomic mass is 35.5. The highest BCUT2D eigenvalue weighted by Gasteiger charge is 2.49. The van der Waals surface area contributed by atoms with Gasteiger partial charge in [0.1, 0.15) is 5.92 Å². The average Bonchev–Trinajstić information content (AvgIpc) is 2.02. The summed E-state index contributed by atoms with van der Waals surface area (Å²) >= 11 is 11.3. The minimum Gasteiger partial charge on any atom is -0.481 e. The number of halogens is 2. The van der Waals surface area contributed by atoms with E-state index >= 15 is 0 Å². The van der Waals surface area contributed by atoms with Crippen molar-refractivity contribution in [3.05, 3.63) is 23.3 Å². The molecule has 0 saturated heterocycles. The molecule has 0 spiro atoms. The highest BCUT2D eigenvalue weighted by molar-refractivity contribution is 6.40. The molecule has 0 aromatic rings. The minimum absolute atomic E-state index is 0.0996. The number of allylic oxidation sites excluding steroid dienone is 2. The van der Waals surface area contributed by atoms with Crippen molar-refractivity contribution in [2.75, 3.05) is 0 Å². The van der Waals surface area contributed by atoms with E-state index in [1.165, 1.54) is 12.2 Å². The summed E-state index contributed by atoms with van der Waals surface area (Å²) in [5, 5.41) is 17.5. The molecule has 0 fully saturated rings. The van der Waals surface area contributed by atoms with Crippen LogP contribution in [0.25, 0.3) is 0 Å². The molecule has 2 atom stereocenters. The van der Waals surface area contributed by atoms with Crippen molar-refractivity contribution >= 4 is 35.1 Å². The second kappa shape index (κ2) is 3.63. The summed E-state index contributed by atoms with van der Waals surface area (Å²) in [5.74, 6) is -4.25. The zero-order chi connectivity index (χ0) is 10.9. The number of hydrogen-bond donors (Lipinski definition) is 2. The molecule has 0 aromatic carbocycles. The maximum Gasteiger partial charge on any atom is 0.330 e. The largest absolute Gasteiger partial charge is 0.481 e. The molecule has 14 heavy (non-hydrogen) atoms. The number of carboxylic acid groups (broad SMARTS) is 2. The van der Waals surface area contributed by atoms with Gasteiger partial charge in [-0.05, 0) is 6.08 Å². The Morgan fingerprint density at radius 1 is 1.43 bits per heavy atom. The van der Waals surface area contributed by atoms with Gasteiger partial charge in [0.2, 0.25) is 0 Å². The molecule has 1 aliphatic carbocycles. The molecular weight excluding hydrogens is 231 g/mol. The van der Waals surface area contributed by atoms with E-state index in [0.29, 0.717) is 0 Å². The maximum absolute atomic E-state index is 10.8. The van der Waals surface area contributed by atoms with Crippen LogP contribution in [0.2, 0.25) is 0 Å². The molecule has 0 aliphatic heterocycles. The Balaban J connectivity index is 3.20. The van der Waals surface area contributed by atoms with Crippen LogP contribution < -0.4 is 0 Å². The van der Waals surface area contributed by atoms with E-state index in [2.05, 4.69) is 0 Å². The molecule has 0 bridgehead atoms. The minimum atomic E-state index is -2.00. The van der Waals surface area contributed by atoms with Crippen molar-refractivity contribution in [3.8, 4) is 0 Å². The summed E-state index contributed by atoms with van der Waals surface area (Å²) in [7, 11) is 0. The van der Waals surface area contributed by atoms with Gasteiger partial charge in [0, 0.05) is 5.03 Å². The Labute approximate surface area is 89.4 Å². The van der Waals surface area contributed by atoms with Crippen LogP contribution in [0.4, 0.5) is 0 Å². The van der Waals surface area contributed by atoms with Gasteiger partial charge in [-0.3, -0.25) is 4.79 Å². The molecule has 4 nitrogen and oxygen atoms in total. The third kappa shape index (κ3) is 1.63. The van der Waals surface area contributed by atoms with Gasteiger partial charge in [0.05, 0.1) is 0 Å². The fraction of sp³-hybridized carbons (Fsp3) is 0.250. The van der Waals surface area contributed by atoms with Crippen LogP contribution in [-0.4, -0.2) is 27.0 Å². The van der Waals surface area contributed by atoms with E-state index in [9.17, 15) is 9.59 Å². The number of alkyl halides is 1. The lowest BCUT2D eigenvalue weighted by Crippen LogP contribution is -2.44. The smallest absolute Gasteiger partial charge is 0.330 e. The lowest BCUT2D eigenvalue weighted by atomic mass is 9.87. The number of hydrogen-bond acceptors (Lipinski definition) is 2. The number of carbonyl (C=O) groups is 2. The molecule has 0 radical (unpaired) electrons. The first-order chi connectivity index (χ1) is 6.39. The normalized spacial score (nSPS) is 31.0. The molecule has 76 valence electrons. The predicted octanol–water partition coefficient (Wildman–Crippen LogP) is 1.44. The van der Waals surface area contributed by atoms with Crippen LogP contribution in [0, 0.1) is 5.92 Å². The van der Waals surface area contributed by atoms with E-state index < -0.39 is 22.7 Å². The van der Waals surface area contributed by atoms with Crippen molar-refractivity contribution in [1.82, 2.24) is 0 Å². The van der Waals surface area contributed by atoms with E-state index in [0.717, 1.165) is 6.08 Å². The van der Waals surface area contributed by atoms with Crippen LogP contribution >= 0.6 is 23.2 Å². The van der Waals surface area contributed by atoms with E-state index in [1.54, 1.807) is 0 Å². The van der Waals surface area contributed by atoms with Gasteiger partial charge in [-0.25, -0.2) is 4.79 Å². The zero-order valence-electron chi connectivity index (χ0n) is 6.78. The highest BCUT2D eigenvalue weighted by Crippen LogP contribution is 2.38. The predicted molar refractivity (Wildman–Crippen MR) is 50.4 cm³/mol. The monoisotopic (exact) mass is 236 g/mol. The van der Waals surface area contributed by atoms with Gasteiger partial charge < -0.3 is 10.2 Å². The molecular formula is C8H6Cl2O4. The average molecular weight is 237 g/mol. The zero-order valence-corrected chi connectivity index (χ0v) is 8.29. The number of rotatable bonds is 2. The van der Waals surface area contributed by atoms with Crippen molar-refractivity contribution < 1.29 is 19.8 Å².